The maximum absolute atomic E-state index is 12.7. The fourth-order valence-electron chi connectivity index (χ4n) is 2.65. The molecule has 0 heterocycles. The van der Waals surface area contributed by atoms with Crippen LogP contribution in [0.5, 0.6) is 0 Å². The third-order valence-corrected chi connectivity index (χ3v) is 4.55. The lowest BCUT2D eigenvalue weighted by Crippen LogP contribution is -2.33. The van der Waals surface area contributed by atoms with Crippen LogP contribution in [0, 0.1) is 10.1 Å². The van der Waals surface area contributed by atoms with E-state index in [-0.39, 0.29) is 18.0 Å². The van der Waals surface area contributed by atoms with Crippen LogP contribution < -0.4 is 0 Å². The highest BCUT2D eigenvalue weighted by Gasteiger charge is 2.32. The van der Waals surface area contributed by atoms with Crippen LogP contribution in [0.4, 0.5) is 5.69 Å². The molecule has 1 saturated carbocycles. The van der Waals surface area contributed by atoms with Crippen LogP contribution >= 0.6 is 15.9 Å². The summed E-state index contributed by atoms with van der Waals surface area (Å²) >= 11 is 3.46. The molecule has 0 N–H and O–H groups in total. The quantitative estimate of drug-likeness (QED) is 0.552. The largest absolute Gasteiger partial charge is 0.335 e. The number of nitro groups is 1. The van der Waals surface area contributed by atoms with E-state index in [9.17, 15) is 14.9 Å². The molecule has 0 saturated heterocycles. The van der Waals surface area contributed by atoms with Crippen LogP contribution in [0.15, 0.2) is 53.0 Å². The van der Waals surface area contributed by atoms with Gasteiger partial charge in [0.1, 0.15) is 0 Å². The number of hydrogen-bond acceptors (Lipinski definition) is 3. The zero-order chi connectivity index (χ0) is 17.1. The van der Waals surface area contributed by atoms with Gasteiger partial charge in [-0.2, -0.15) is 0 Å². The van der Waals surface area contributed by atoms with Gasteiger partial charge in [-0.05, 0) is 36.1 Å². The summed E-state index contributed by atoms with van der Waals surface area (Å²) in [4.78, 5) is 24.9. The number of benzene rings is 2. The molecule has 0 atom stereocenters. The highest BCUT2D eigenvalue weighted by atomic mass is 79.9. The minimum absolute atomic E-state index is 0.0411. The molecule has 0 aromatic heterocycles. The number of carbonyl (C=O) groups is 1. The van der Waals surface area contributed by atoms with E-state index < -0.39 is 4.92 Å². The first kappa shape index (κ1) is 16.6. The molecule has 3 rings (SSSR count). The van der Waals surface area contributed by atoms with Crippen molar-refractivity contribution in [3.63, 3.8) is 0 Å². The van der Waals surface area contributed by atoms with Crippen LogP contribution in [0.3, 0.4) is 0 Å². The van der Waals surface area contributed by atoms with Crippen molar-refractivity contribution >= 4 is 27.5 Å². The van der Waals surface area contributed by atoms with E-state index in [0.717, 1.165) is 28.4 Å². The molecule has 1 aliphatic carbocycles. The first-order valence-corrected chi connectivity index (χ1v) is 8.59. The zero-order valence-corrected chi connectivity index (χ0v) is 14.6. The number of halogens is 1. The minimum atomic E-state index is -0.435. The van der Waals surface area contributed by atoms with Gasteiger partial charge in [0.2, 0.25) is 5.91 Å². The molecule has 0 spiro atoms. The van der Waals surface area contributed by atoms with Crippen LogP contribution in [0.25, 0.3) is 0 Å². The number of amides is 1. The summed E-state index contributed by atoms with van der Waals surface area (Å²) in [6.07, 6.45) is 2.35. The van der Waals surface area contributed by atoms with Gasteiger partial charge in [0.05, 0.1) is 11.3 Å². The number of nitrogens with zero attached hydrogens (tertiary/aromatic N) is 2. The second-order valence-corrected chi connectivity index (χ2v) is 6.90. The summed E-state index contributed by atoms with van der Waals surface area (Å²) in [6, 6.07) is 14.5. The zero-order valence-electron chi connectivity index (χ0n) is 13.0. The minimum Gasteiger partial charge on any atom is -0.335 e. The second-order valence-electron chi connectivity index (χ2n) is 5.98. The third-order valence-electron chi connectivity index (χ3n) is 4.05. The lowest BCUT2D eigenvalue weighted by molar-refractivity contribution is -0.384. The monoisotopic (exact) mass is 388 g/mol. The molecule has 1 fully saturated rings. The van der Waals surface area contributed by atoms with Gasteiger partial charge in [-0.1, -0.05) is 40.2 Å². The first-order chi connectivity index (χ1) is 11.5. The van der Waals surface area contributed by atoms with Gasteiger partial charge in [-0.3, -0.25) is 14.9 Å². The van der Waals surface area contributed by atoms with Gasteiger partial charge in [0.15, 0.2) is 0 Å². The van der Waals surface area contributed by atoms with E-state index in [1.165, 1.54) is 12.1 Å². The molecule has 0 unspecified atom stereocenters. The average Bonchev–Trinajstić information content (AvgIpc) is 3.38. The van der Waals surface area contributed by atoms with E-state index >= 15 is 0 Å². The van der Waals surface area contributed by atoms with Gasteiger partial charge in [-0.25, -0.2) is 0 Å². The van der Waals surface area contributed by atoms with Gasteiger partial charge in [0, 0.05) is 29.2 Å². The molecule has 2 aromatic carbocycles. The van der Waals surface area contributed by atoms with E-state index in [0.29, 0.717) is 12.6 Å². The van der Waals surface area contributed by atoms with Crippen molar-refractivity contribution in [3.8, 4) is 0 Å². The molecule has 0 bridgehead atoms. The van der Waals surface area contributed by atoms with E-state index in [1.807, 2.05) is 29.2 Å². The Bertz CT molecular complexity index is 757. The maximum Gasteiger partial charge on any atom is 0.269 e. The summed E-state index contributed by atoms with van der Waals surface area (Å²) in [5, 5.41) is 10.7. The third kappa shape index (κ3) is 4.20. The molecule has 5 nitrogen and oxygen atoms in total. The SMILES string of the molecule is O=C(Cc1ccc([N+](=O)[O-])cc1)N(Cc1cccc(Br)c1)C1CC1. The van der Waals surface area contributed by atoms with Crippen molar-refractivity contribution in [1.82, 2.24) is 4.90 Å². The lowest BCUT2D eigenvalue weighted by atomic mass is 10.1. The predicted octanol–water partition coefficient (Wildman–Crippen LogP) is 4.09. The molecular weight excluding hydrogens is 372 g/mol. The van der Waals surface area contributed by atoms with E-state index in [1.54, 1.807) is 12.1 Å². The molecule has 1 amide bonds. The Kier molecular flexibility index (Phi) is 4.94. The Hall–Kier alpha value is -2.21. The first-order valence-electron chi connectivity index (χ1n) is 7.80. The van der Waals surface area contributed by atoms with E-state index in [2.05, 4.69) is 15.9 Å². The van der Waals surface area contributed by atoms with Crippen molar-refractivity contribution < 1.29 is 9.72 Å². The van der Waals surface area contributed by atoms with Crippen molar-refractivity contribution in [3.05, 3.63) is 74.2 Å². The average molecular weight is 389 g/mol. The standard InChI is InChI=1S/C18H17BrN2O3/c19-15-3-1-2-14(10-15)12-20(16-8-9-16)18(22)11-13-4-6-17(7-5-13)21(23)24/h1-7,10,16H,8-9,11-12H2. The number of carbonyl (C=O) groups excluding carboxylic acids is 1. The molecule has 1 aliphatic rings. The molecule has 124 valence electrons. The Morgan fingerprint density at radius 2 is 1.88 bits per heavy atom. The van der Waals surface area contributed by atoms with Crippen molar-refractivity contribution in [2.45, 2.75) is 31.8 Å². The smallest absolute Gasteiger partial charge is 0.269 e. The van der Waals surface area contributed by atoms with Gasteiger partial charge in [0.25, 0.3) is 5.69 Å². The summed E-state index contributed by atoms with van der Waals surface area (Å²) in [6.45, 7) is 0.593. The number of nitro benzene ring substituents is 1. The summed E-state index contributed by atoms with van der Waals surface area (Å²) in [7, 11) is 0. The highest BCUT2D eigenvalue weighted by Crippen LogP contribution is 2.29. The molecule has 0 radical (unpaired) electrons. The summed E-state index contributed by atoms with van der Waals surface area (Å²) in [5.74, 6) is 0.0614. The summed E-state index contributed by atoms with van der Waals surface area (Å²) in [5.41, 5.74) is 1.93. The Morgan fingerprint density at radius 1 is 1.17 bits per heavy atom. The van der Waals surface area contributed by atoms with Crippen molar-refractivity contribution in [2.75, 3.05) is 0 Å². The number of rotatable bonds is 6. The van der Waals surface area contributed by atoms with Gasteiger partial charge >= 0.3 is 0 Å². The Morgan fingerprint density at radius 3 is 2.46 bits per heavy atom. The molecule has 2 aromatic rings. The van der Waals surface area contributed by atoms with Crippen LogP contribution in [-0.4, -0.2) is 21.8 Å². The number of non-ortho nitro benzene ring substituents is 1. The normalized spacial score (nSPS) is 13.5. The lowest BCUT2D eigenvalue weighted by Gasteiger charge is -2.23. The Balaban J connectivity index is 1.69. The Labute approximate surface area is 148 Å². The topological polar surface area (TPSA) is 63.4 Å². The fraction of sp³-hybridized carbons (Fsp3) is 0.278. The summed E-state index contributed by atoms with van der Waals surface area (Å²) < 4.78 is 0.999. The van der Waals surface area contributed by atoms with E-state index in [4.69, 9.17) is 0 Å². The second kappa shape index (κ2) is 7.13. The highest BCUT2D eigenvalue weighted by molar-refractivity contribution is 9.10. The van der Waals surface area contributed by atoms with Gasteiger partial charge < -0.3 is 4.90 Å². The molecule has 0 aliphatic heterocycles. The van der Waals surface area contributed by atoms with Crippen LogP contribution in [0.1, 0.15) is 24.0 Å². The molecule has 6 heteroatoms. The fourth-order valence-corrected chi connectivity index (χ4v) is 3.10. The van der Waals surface area contributed by atoms with Gasteiger partial charge in [-0.15, -0.1) is 0 Å². The predicted molar refractivity (Wildman–Crippen MR) is 94.5 cm³/mol. The van der Waals surface area contributed by atoms with Crippen LogP contribution in [0.2, 0.25) is 0 Å². The van der Waals surface area contributed by atoms with Crippen LogP contribution in [-0.2, 0) is 17.8 Å². The van der Waals surface area contributed by atoms with Crippen molar-refractivity contribution in [2.24, 2.45) is 0 Å². The maximum atomic E-state index is 12.7. The van der Waals surface area contributed by atoms with Crippen molar-refractivity contribution in [1.29, 1.82) is 0 Å². The molecular formula is C18H17BrN2O3. The number of hydrogen-bond donors (Lipinski definition) is 0. The molecule has 24 heavy (non-hydrogen) atoms.